The van der Waals surface area contributed by atoms with Gasteiger partial charge in [-0.3, -0.25) is 0 Å². The number of hydrogen-bond donors (Lipinski definition) is 1. The standard InChI is InChI=1S/C31H38BrN5O5/c1-36(2)12-11-31(38,21-17-27(40-6)35-28(18-21)41-7)29(20-15-25(37(3)4)34-26(16-20)39-5)23-14-19-13-22(32)9-10-24(19)33-30(23)42-8/h9-10,13-18,29,38H,11-12H2,1-8H3/t29-,31-/m1/s1. The minimum atomic E-state index is -1.53. The summed E-state index contributed by atoms with van der Waals surface area (Å²) in [5.74, 6) is 1.42. The summed E-state index contributed by atoms with van der Waals surface area (Å²) in [7, 11) is 14.0. The molecule has 3 heterocycles. The first-order valence-electron chi connectivity index (χ1n) is 13.4. The molecule has 42 heavy (non-hydrogen) atoms. The third-order valence-corrected chi connectivity index (χ3v) is 7.69. The predicted octanol–water partition coefficient (Wildman–Crippen LogP) is 4.86. The van der Waals surface area contributed by atoms with Crippen LogP contribution in [0.1, 0.15) is 29.0 Å². The van der Waals surface area contributed by atoms with E-state index in [2.05, 4.69) is 25.9 Å². The number of pyridine rings is 3. The molecule has 11 heteroatoms. The zero-order valence-corrected chi connectivity index (χ0v) is 26.9. The van der Waals surface area contributed by atoms with Gasteiger partial charge in [-0.2, -0.15) is 9.97 Å². The molecule has 0 spiro atoms. The molecule has 0 aliphatic carbocycles. The Bertz CT molecular complexity index is 1530. The molecule has 0 bridgehead atoms. The molecule has 0 saturated heterocycles. The molecule has 10 nitrogen and oxygen atoms in total. The normalized spacial score (nSPS) is 13.5. The molecular formula is C31H38BrN5O5. The number of anilines is 1. The van der Waals surface area contributed by atoms with Gasteiger partial charge in [-0.1, -0.05) is 15.9 Å². The largest absolute Gasteiger partial charge is 0.481 e. The molecule has 0 fully saturated rings. The van der Waals surface area contributed by atoms with Gasteiger partial charge in [0.2, 0.25) is 23.5 Å². The molecular weight excluding hydrogens is 602 g/mol. The number of benzene rings is 1. The Labute approximate surface area is 255 Å². The number of nitrogens with zero attached hydrogens (tertiary/aromatic N) is 5. The van der Waals surface area contributed by atoms with Gasteiger partial charge in [-0.15, -0.1) is 0 Å². The molecule has 0 aliphatic rings. The van der Waals surface area contributed by atoms with Crippen LogP contribution in [0.5, 0.6) is 23.5 Å². The van der Waals surface area contributed by atoms with Crippen LogP contribution in [0.2, 0.25) is 0 Å². The lowest BCUT2D eigenvalue weighted by Crippen LogP contribution is -2.38. The first-order chi connectivity index (χ1) is 20.0. The second kappa shape index (κ2) is 13.1. The highest BCUT2D eigenvalue weighted by Gasteiger charge is 2.43. The molecule has 4 aromatic rings. The minimum absolute atomic E-state index is 0.320. The zero-order chi connectivity index (χ0) is 30.6. The van der Waals surface area contributed by atoms with E-state index in [1.165, 1.54) is 14.2 Å². The van der Waals surface area contributed by atoms with Crippen LogP contribution in [0.25, 0.3) is 10.9 Å². The first-order valence-corrected chi connectivity index (χ1v) is 14.2. The maximum Gasteiger partial charge on any atom is 0.217 e. The Morgan fingerprint density at radius 2 is 1.45 bits per heavy atom. The van der Waals surface area contributed by atoms with Crippen molar-refractivity contribution in [1.29, 1.82) is 0 Å². The Kier molecular flexibility index (Phi) is 9.75. The molecule has 0 unspecified atom stereocenters. The van der Waals surface area contributed by atoms with Crippen molar-refractivity contribution in [3.8, 4) is 23.5 Å². The number of rotatable bonds is 12. The maximum atomic E-state index is 13.1. The molecule has 224 valence electrons. The fourth-order valence-electron chi connectivity index (χ4n) is 5.03. The van der Waals surface area contributed by atoms with Gasteiger partial charge in [0, 0.05) is 60.2 Å². The van der Waals surface area contributed by atoms with Gasteiger partial charge < -0.3 is 33.9 Å². The van der Waals surface area contributed by atoms with E-state index in [0.29, 0.717) is 53.4 Å². The van der Waals surface area contributed by atoms with Crippen molar-refractivity contribution in [1.82, 2.24) is 19.9 Å². The summed E-state index contributed by atoms with van der Waals surface area (Å²) in [5.41, 5.74) is 1.26. The molecule has 0 aliphatic heterocycles. The van der Waals surface area contributed by atoms with Gasteiger partial charge in [0.05, 0.1) is 34.0 Å². The van der Waals surface area contributed by atoms with Gasteiger partial charge in [-0.05, 0) is 62.0 Å². The maximum absolute atomic E-state index is 13.1. The second-order valence-electron chi connectivity index (χ2n) is 10.5. The fraction of sp³-hybridized carbons (Fsp3) is 0.387. The van der Waals surface area contributed by atoms with E-state index in [1.54, 1.807) is 26.4 Å². The van der Waals surface area contributed by atoms with Crippen molar-refractivity contribution in [2.24, 2.45) is 0 Å². The van der Waals surface area contributed by atoms with Crippen LogP contribution >= 0.6 is 15.9 Å². The summed E-state index contributed by atoms with van der Waals surface area (Å²) in [4.78, 5) is 17.8. The predicted molar refractivity (Wildman–Crippen MR) is 167 cm³/mol. The second-order valence-corrected chi connectivity index (χ2v) is 11.4. The molecule has 1 aromatic carbocycles. The van der Waals surface area contributed by atoms with E-state index in [0.717, 1.165) is 20.9 Å². The summed E-state index contributed by atoms with van der Waals surface area (Å²) >= 11 is 3.59. The molecule has 0 saturated carbocycles. The van der Waals surface area contributed by atoms with E-state index in [-0.39, 0.29) is 0 Å². The van der Waals surface area contributed by atoms with Crippen LogP contribution in [0, 0.1) is 0 Å². The molecule has 4 rings (SSSR count). The number of halogens is 1. The quantitative estimate of drug-likeness (QED) is 0.231. The molecule has 0 amide bonds. The summed E-state index contributed by atoms with van der Waals surface area (Å²) in [6.45, 7) is 0.567. The lowest BCUT2D eigenvalue weighted by molar-refractivity contribution is 0.00326. The Morgan fingerprint density at radius 3 is 2.02 bits per heavy atom. The van der Waals surface area contributed by atoms with Crippen LogP contribution in [0.4, 0.5) is 5.82 Å². The van der Waals surface area contributed by atoms with Gasteiger partial charge in [0.15, 0.2) is 0 Å². The van der Waals surface area contributed by atoms with E-state index in [1.807, 2.05) is 74.4 Å². The van der Waals surface area contributed by atoms with Crippen molar-refractivity contribution in [2.75, 3.05) is 68.1 Å². The number of aliphatic hydroxyl groups is 1. The zero-order valence-electron chi connectivity index (χ0n) is 25.3. The third kappa shape index (κ3) is 6.53. The van der Waals surface area contributed by atoms with E-state index >= 15 is 0 Å². The summed E-state index contributed by atoms with van der Waals surface area (Å²) < 4.78 is 23.5. The molecule has 3 aromatic heterocycles. The highest BCUT2D eigenvalue weighted by atomic mass is 79.9. The topological polar surface area (TPSA) is 102 Å². The monoisotopic (exact) mass is 639 g/mol. The van der Waals surface area contributed by atoms with Gasteiger partial charge in [0.1, 0.15) is 11.4 Å². The molecule has 1 N–H and O–H groups in total. The van der Waals surface area contributed by atoms with Crippen molar-refractivity contribution >= 4 is 32.7 Å². The highest BCUT2D eigenvalue weighted by Crippen LogP contribution is 2.49. The average Bonchev–Trinajstić information content (AvgIpc) is 2.99. The summed E-state index contributed by atoms with van der Waals surface area (Å²) in [5, 5.41) is 14.0. The lowest BCUT2D eigenvalue weighted by atomic mass is 9.72. The Hall–Kier alpha value is -3.67. The van der Waals surface area contributed by atoms with E-state index < -0.39 is 11.5 Å². The van der Waals surface area contributed by atoms with Crippen molar-refractivity contribution in [2.45, 2.75) is 17.9 Å². The number of fused-ring (bicyclic) bond motifs is 1. The van der Waals surface area contributed by atoms with Crippen LogP contribution < -0.4 is 23.8 Å². The fourth-order valence-corrected chi connectivity index (χ4v) is 5.41. The third-order valence-electron chi connectivity index (χ3n) is 7.20. The smallest absolute Gasteiger partial charge is 0.217 e. The highest BCUT2D eigenvalue weighted by molar-refractivity contribution is 9.10. The van der Waals surface area contributed by atoms with Crippen molar-refractivity contribution in [3.05, 3.63) is 69.7 Å². The SMILES string of the molecule is COc1cc([C@](O)(CCN(C)C)[C@H](c2cc(OC)nc(N(C)C)c2)c2cc3cc(Br)ccc3nc2OC)cc(OC)n1. The van der Waals surface area contributed by atoms with Crippen LogP contribution in [-0.2, 0) is 5.60 Å². The number of methoxy groups -OCH3 is 4. The van der Waals surface area contributed by atoms with Gasteiger partial charge in [-0.25, -0.2) is 4.98 Å². The van der Waals surface area contributed by atoms with E-state index in [4.69, 9.17) is 23.9 Å². The Balaban J connectivity index is 2.14. The number of ether oxygens (including phenoxy) is 4. The number of aromatic nitrogens is 3. The van der Waals surface area contributed by atoms with Crippen molar-refractivity contribution < 1.29 is 24.1 Å². The average molecular weight is 641 g/mol. The Morgan fingerprint density at radius 1 is 0.810 bits per heavy atom. The summed E-state index contributed by atoms with van der Waals surface area (Å²) in [6, 6.07) is 15.2. The first kappa shape index (κ1) is 31.3. The van der Waals surface area contributed by atoms with E-state index in [9.17, 15) is 5.11 Å². The van der Waals surface area contributed by atoms with Crippen LogP contribution in [-0.4, -0.2) is 88.1 Å². The minimum Gasteiger partial charge on any atom is -0.481 e. The van der Waals surface area contributed by atoms with Crippen molar-refractivity contribution in [3.63, 3.8) is 0 Å². The molecule has 0 radical (unpaired) electrons. The molecule has 2 atom stereocenters. The number of hydrogen-bond acceptors (Lipinski definition) is 10. The lowest BCUT2D eigenvalue weighted by Gasteiger charge is -2.39. The van der Waals surface area contributed by atoms with Crippen LogP contribution in [0.3, 0.4) is 0 Å². The van der Waals surface area contributed by atoms with Gasteiger partial charge in [0.25, 0.3) is 0 Å². The summed E-state index contributed by atoms with van der Waals surface area (Å²) in [6.07, 6.45) is 0.336. The van der Waals surface area contributed by atoms with Gasteiger partial charge >= 0.3 is 0 Å². The van der Waals surface area contributed by atoms with Crippen LogP contribution in [0.15, 0.2) is 53.0 Å².